The Kier molecular flexibility index (Phi) is 7.48. The van der Waals surface area contributed by atoms with Crippen LogP contribution in [0, 0.1) is 12.8 Å². The summed E-state index contributed by atoms with van der Waals surface area (Å²) in [5.74, 6) is -2.07. The molecule has 2 aromatic heterocycles. The fourth-order valence-corrected chi connectivity index (χ4v) is 5.24. The SMILES string of the molecule is Cc1cocc1C(=O)n1nc(C2C(=O)N(S(=O)(=O)N(C)C)CCC2C)nc1NCc1ccc(CN)cc1. The van der Waals surface area contributed by atoms with Gasteiger partial charge < -0.3 is 15.5 Å². The quantitative estimate of drug-likeness (QED) is 0.443. The van der Waals surface area contributed by atoms with Gasteiger partial charge in [0.15, 0.2) is 5.82 Å². The molecule has 0 radical (unpaired) electrons. The number of furan rings is 1. The summed E-state index contributed by atoms with van der Waals surface area (Å²) in [7, 11) is -1.23. The number of rotatable bonds is 8. The molecule has 3 N–H and O–H groups in total. The highest BCUT2D eigenvalue weighted by atomic mass is 32.2. The van der Waals surface area contributed by atoms with E-state index in [0.29, 0.717) is 30.6 Å². The van der Waals surface area contributed by atoms with E-state index in [2.05, 4.69) is 15.4 Å². The van der Waals surface area contributed by atoms with E-state index >= 15 is 0 Å². The first-order valence-electron chi connectivity index (χ1n) is 11.8. The molecular weight excluding hydrogens is 498 g/mol. The van der Waals surface area contributed by atoms with Crippen LogP contribution in [0.3, 0.4) is 0 Å². The lowest BCUT2D eigenvalue weighted by Crippen LogP contribution is -2.50. The van der Waals surface area contributed by atoms with Gasteiger partial charge in [-0.05, 0) is 30.4 Å². The third kappa shape index (κ3) is 5.15. The number of hydrogen-bond donors (Lipinski definition) is 2. The minimum absolute atomic E-state index is 0.0643. The van der Waals surface area contributed by atoms with Crippen molar-refractivity contribution in [2.75, 3.05) is 26.0 Å². The summed E-state index contributed by atoms with van der Waals surface area (Å²) in [5.41, 5.74) is 8.50. The van der Waals surface area contributed by atoms with E-state index < -0.39 is 27.9 Å². The van der Waals surface area contributed by atoms with Crippen LogP contribution in [-0.2, 0) is 28.1 Å². The van der Waals surface area contributed by atoms with Crippen LogP contribution in [0.2, 0.25) is 0 Å². The molecule has 198 valence electrons. The molecule has 2 unspecified atom stereocenters. The maximum atomic E-state index is 13.4. The van der Waals surface area contributed by atoms with E-state index in [1.54, 1.807) is 6.92 Å². The second kappa shape index (κ2) is 10.4. The van der Waals surface area contributed by atoms with Gasteiger partial charge in [0.2, 0.25) is 11.9 Å². The Bertz CT molecular complexity index is 1390. The number of nitrogens with two attached hydrogens (primary N) is 1. The summed E-state index contributed by atoms with van der Waals surface area (Å²) >= 11 is 0. The van der Waals surface area contributed by atoms with Crippen molar-refractivity contribution in [1.29, 1.82) is 0 Å². The number of aryl methyl sites for hydroxylation is 1. The van der Waals surface area contributed by atoms with E-state index in [1.165, 1.54) is 26.6 Å². The highest BCUT2D eigenvalue weighted by Crippen LogP contribution is 2.34. The standard InChI is InChI=1S/C24H31N7O5S/c1-15-9-10-30(37(34,35)29(3)4)23(33)20(15)21-27-24(26-12-18-7-5-17(11-25)6-8-18)31(28-21)22(32)19-14-36-13-16(19)2/h5-8,13-15,20H,9-12,25H2,1-4H3,(H,26,27,28). The monoisotopic (exact) mass is 529 g/mol. The zero-order valence-corrected chi connectivity index (χ0v) is 22.0. The van der Waals surface area contributed by atoms with Crippen molar-refractivity contribution in [2.24, 2.45) is 11.7 Å². The number of aromatic nitrogens is 3. The van der Waals surface area contributed by atoms with Crippen molar-refractivity contribution in [3.05, 3.63) is 64.9 Å². The lowest BCUT2D eigenvalue weighted by atomic mass is 9.87. The van der Waals surface area contributed by atoms with Crippen molar-refractivity contribution in [3.8, 4) is 0 Å². The molecule has 0 spiro atoms. The molecule has 1 saturated heterocycles. The van der Waals surface area contributed by atoms with Gasteiger partial charge in [0.25, 0.3) is 5.91 Å². The number of hydrogen-bond acceptors (Lipinski definition) is 9. The molecule has 0 bridgehead atoms. The largest absolute Gasteiger partial charge is 0.471 e. The van der Waals surface area contributed by atoms with Crippen molar-refractivity contribution in [1.82, 2.24) is 23.4 Å². The minimum atomic E-state index is -3.98. The van der Waals surface area contributed by atoms with Gasteiger partial charge in [-0.15, -0.1) is 5.10 Å². The first-order chi connectivity index (χ1) is 17.5. The summed E-state index contributed by atoms with van der Waals surface area (Å²) in [6.07, 6.45) is 3.21. The van der Waals surface area contributed by atoms with E-state index in [-0.39, 0.29) is 24.2 Å². The second-order valence-corrected chi connectivity index (χ2v) is 11.4. The fraction of sp³-hybridized carbons (Fsp3) is 0.417. The smallest absolute Gasteiger partial charge is 0.305 e. The first kappa shape index (κ1) is 26.5. The van der Waals surface area contributed by atoms with Gasteiger partial charge in [0, 0.05) is 39.3 Å². The van der Waals surface area contributed by atoms with Crippen molar-refractivity contribution >= 4 is 28.0 Å². The number of amides is 1. The molecule has 1 amide bonds. The Balaban J connectivity index is 1.70. The zero-order chi connectivity index (χ0) is 26.9. The zero-order valence-electron chi connectivity index (χ0n) is 21.2. The topological polar surface area (TPSA) is 157 Å². The van der Waals surface area contributed by atoms with E-state index in [4.69, 9.17) is 10.2 Å². The van der Waals surface area contributed by atoms with Gasteiger partial charge >= 0.3 is 10.2 Å². The van der Waals surface area contributed by atoms with Gasteiger partial charge in [-0.25, -0.2) is 4.31 Å². The molecule has 1 fully saturated rings. The van der Waals surface area contributed by atoms with Crippen LogP contribution in [0.15, 0.2) is 41.2 Å². The Morgan fingerprint density at radius 2 is 1.89 bits per heavy atom. The molecule has 13 heteroatoms. The van der Waals surface area contributed by atoms with Gasteiger partial charge in [-0.2, -0.15) is 22.4 Å². The molecule has 12 nitrogen and oxygen atoms in total. The number of carbonyl (C=O) groups is 2. The normalized spacial score (nSPS) is 18.4. The Hall–Kier alpha value is -3.55. The Morgan fingerprint density at radius 3 is 2.49 bits per heavy atom. The summed E-state index contributed by atoms with van der Waals surface area (Å²) in [5, 5.41) is 7.55. The highest BCUT2D eigenvalue weighted by Gasteiger charge is 2.44. The van der Waals surface area contributed by atoms with E-state index in [1.807, 2.05) is 31.2 Å². The molecule has 3 aromatic rings. The lowest BCUT2D eigenvalue weighted by molar-refractivity contribution is -0.132. The lowest BCUT2D eigenvalue weighted by Gasteiger charge is -2.35. The number of piperidine rings is 1. The van der Waals surface area contributed by atoms with Crippen molar-refractivity contribution in [3.63, 3.8) is 0 Å². The fourth-order valence-electron chi connectivity index (χ4n) is 4.17. The predicted octanol–water partition coefficient (Wildman–Crippen LogP) is 1.70. The maximum Gasteiger partial charge on any atom is 0.305 e. The van der Waals surface area contributed by atoms with Crippen LogP contribution in [0.25, 0.3) is 0 Å². The van der Waals surface area contributed by atoms with Gasteiger partial charge in [-0.3, -0.25) is 9.59 Å². The van der Waals surface area contributed by atoms with Crippen LogP contribution in [0.5, 0.6) is 0 Å². The number of carbonyl (C=O) groups excluding carboxylic acids is 2. The molecular formula is C24H31N7O5S. The third-order valence-corrected chi connectivity index (χ3v) is 8.34. The van der Waals surface area contributed by atoms with Crippen LogP contribution in [0.1, 0.15) is 52.1 Å². The predicted molar refractivity (Wildman–Crippen MR) is 136 cm³/mol. The molecule has 4 rings (SSSR count). The van der Waals surface area contributed by atoms with Crippen LogP contribution < -0.4 is 11.1 Å². The van der Waals surface area contributed by atoms with Crippen LogP contribution in [-0.4, -0.2) is 64.2 Å². The summed E-state index contributed by atoms with van der Waals surface area (Å²) in [6.45, 7) is 4.40. The number of benzene rings is 1. The second-order valence-electron chi connectivity index (χ2n) is 9.30. The maximum absolute atomic E-state index is 13.4. The molecule has 0 saturated carbocycles. The van der Waals surface area contributed by atoms with E-state index in [0.717, 1.165) is 24.4 Å². The molecule has 2 atom stereocenters. The van der Waals surface area contributed by atoms with Crippen molar-refractivity contribution < 1.29 is 22.4 Å². The van der Waals surface area contributed by atoms with Gasteiger partial charge in [-0.1, -0.05) is 31.2 Å². The van der Waals surface area contributed by atoms with Crippen molar-refractivity contribution in [2.45, 2.75) is 39.3 Å². The van der Waals surface area contributed by atoms with Gasteiger partial charge in [0.05, 0.1) is 11.8 Å². The van der Waals surface area contributed by atoms with Crippen LogP contribution in [0.4, 0.5) is 5.95 Å². The highest BCUT2D eigenvalue weighted by molar-refractivity contribution is 7.87. The summed E-state index contributed by atoms with van der Waals surface area (Å²) in [4.78, 5) is 31.3. The number of nitrogens with one attached hydrogen (secondary N) is 1. The average Bonchev–Trinajstić information content (AvgIpc) is 3.48. The number of anilines is 1. The first-order valence-corrected chi connectivity index (χ1v) is 13.2. The average molecular weight is 530 g/mol. The van der Waals surface area contributed by atoms with E-state index in [9.17, 15) is 18.0 Å². The third-order valence-electron chi connectivity index (χ3n) is 6.50. The molecule has 1 aromatic carbocycles. The molecule has 1 aliphatic rings. The molecule has 0 aliphatic carbocycles. The molecule has 37 heavy (non-hydrogen) atoms. The Labute approximate surface area is 215 Å². The summed E-state index contributed by atoms with van der Waals surface area (Å²) < 4.78 is 33.6. The number of nitrogens with zero attached hydrogens (tertiary/aromatic N) is 5. The molecule has 3 heterocycles. The van der Waals surface area contributed by atoms with Gasteiger partial charge in [0.1, 0.15) is 12.2 Å². The minimum Gasteiger partial charge on any atom is -0.471 e. The Morgan fingerprint density at radius 1 is 1.22 bits per heavy atom. The van der Waals surface area contributed by atoms with Crippen LogP contribution >= 0.6 is 0 Å². The summed E-state index contributed by atoms with van der Waals surface area (Å²) in [6, 6.07) is 7.65. The molecule has 1 aliphatic heterocycles.